The Balaban J connectivity index is 0.000000211. The topological polar surface area (TPSA) is 106 Å². The molecule has 1 atom stereocenters. The Labute approximate surface area is 225 Å². The van der Waals surface area contributed by atoms with Crippen LogP contribution in [-0.4, -0.2) is 53.1 Å². The molecule has 0 amide bonds. The Morgan fingerprint density at radius 1 is 0.711 bits per heavy atom. The predicted octanol–water partition coefficient (Wildman–Crippen LogP) is 5.93. The largest absolute Gasteiger partial charge is 0.491 e. The number of benzene rings is 2. The van der Waals surface area contributed by atoms with E-state index < -0.39 is 0 Å². The highest BCUT2D eigenvalue weighted by Gasteiger charge is 2.17. The Kier molecular flexibility index (Phi) is 10.7. The Morgan fingerprint density at radius 3 is 1.71 bits per heavy atom. The lowest BCUT2D eigenvalue weighted by atomic mass is 10.2. The third-order valence-electron chi connectivity index (χ3n) is 5.87. The SMILES string of the molecule is CCC(C)Oc1ccccc1-n1nnnc1C(C)C.CCCCOc1ccccc1-n1nnnc1C(C)C. The summed E-state index contributed by atoms with van der Waals surface area (Å²) in [6.07, 6.45) is 3.28. The lowest BCUT2D eigenvalue weighted by molar-refractivity contribution is 0.216. The maximum Gasteiger partial charge on any atom is 0.159 e. The van der Waals surface area contributed by atoms with Gasteiger partial charge in [0.05, 0.1) is 12.7 Å². The van der Waals surface area contributed by atoms with E-state index in [1.807, 2.05) is 48.5 Å². The second kappa shape index (κ2) is 14.2. The van der Waals surface area contributed by atoms with Gasteiger partial charge in [0, 0.05) is 11.8 Å². The van der Waals surface area contributed by atoms with Gasteiger partial charge in [-0.2, -0.15) is 9.36 Å². The summed E-state index contributed by atoms with van der Waals surface area (Å²) in [5.41, 5.74) is 1.78. The van der Waals surface area contributed by atoms with Crippen LogP contribution in [0.2, 0.25) is 0 Å². The summed E-state index contributed by atoms with van der Waals surface area (Å²) in [4.78, 5) is 0. The van der Waals surface area contributed by atoms with Crippen LogP contribution in [0.1, 0.15) is 91.2 Å². The van der Waals surface area contributed by atoms with Crippen molar-refractivity contribution in [2.24, 2.45) is 0 Å². The molecule has 2 heterocycles. The zero-order valence-corrected chi connectivity index (χ0v) is 23.6. The van der Waals surface area contributed by atoms with Crippen molar-refractivity contribution in [2.75, 3.05) is 6.61 Å². The van der Waals surface area contributed by atoms with Crippen LogP contribution in [0.4, 0.5) is 0 Å². The smallest absolute Gasteiger partial charge is 0.159 e. The summed E-state index contributed by atoms with van der Waals surface area (Å²) in [7, 11) is 0. The monoisotopic (exact) mass is 520 g/mol. The number of hydrogen-bond acceptors (Lipinski definition) is 8. The van der Waals surface area contributed by atoms with Gasteiger partial charge < -0.3 is 9.47 Å². The number of nitrogens with zero attached hydrogens (tertiary/aromatic N) is 8. The minimum atomic E-state index is 0.167. The fourth-order valence-electron chi connectivity index (χ4n) is 3.56. The first-order valence-corrected chi connectivity index (χ1v) is 13.4. The second-order valence-electron chi connectivity index (χ2n) is 9.68. The molecule has 2 aromatic carbocycles. The first-order valence-electron chi connectivity index (χ1n) is 13.4. The molecule has 2 aromatic heterocycles. The fourth-order valence-corrected chi connectivity index (χ4v) is 3.56. The van der Waals surface area contributed by atoms with Crippen molar-refractivity contribution in [2.45, 2.75) is 85.7 Å². The molecule has 10 heteroatoms. The normalized spacial score (nSPS) is 11.8. The van der Waals surface area contributed by atoms with Crippen LogP contribution in [0.15, 0.2) is 48.5 Å². The van der Waals surface area contributed by atoms with E-state index in [1.54, 1.807) is 9.36 Å². The minimum absolute atomic E-state index is 0.167. The molecule has 0 saturated carbocycles. The van der Waals surface area contributed by atoms with E-state index in [9.17, 15) is 0 Å². The maximum absolute atomic E-state index is 5.94. The molecule has 38 heavy (non-hydrogen) atoms. The van der Waals surface area contributed by atoms with Gasteiger partial charge in [-0.15, -0.1) is 10.2 Å². The molecular formula is C28H40N8O2. The number of hydrogen-bond donors (Lipinski definition) is 0. The zero-order chi connectivity index (χ0) is 27.5. The summed E-state index contributed by atoms with van der Waals surface area (Å²) in [6.45, 7) is 15.3. The number of unbranched alkanes of at least 4 members (excludes halogenated alkanes) is 1. The highest BCUT2D eigenvalue weighted by Crippen LogP contribution is 2.26. The Bertz CT molecular complexity index is 1250. The molecule has 0 aliphatic carbocycles. The molecule has 10 nitrogen and oxygen atoms in total. The maximum atomic E-state index is 5.94. The van der Waals surface area contributed by atoms with Gasteiger partial charge in [0.1, 0.15) is 22.9 Å². The summed E-state index contributed by atoms with van der Waals surface area (Å²) in [5, 5.41) is 23.8. The zero-order valence-electron chi connectivity index (χ0n) is 23.6. The van der Waals surface area contributed by atoms with Gasteiger partial charge in [-0.3, -0.25) is 0 Å². The van der Waals surface area contributed by atoms with E-state index in [4.69, 9.17) is 9.47 Å². The average molecular weight is 521 g/mol. The van der Waals surface area contributed by atoms with Crippen molar-refractivity contribution in [1.82, 2.24) is 40.4 Å². The molecule has 4 aromatic rings. The van der Waals surface area contributed by atoms with E-state index in [0.717, 1.165) is 53.8 Å². The van der Waals surface area contributed by atoms with Crippen LogP contribution in [0.3, 0.4) is 0 Å². The van der Waals surface area contributed by atoms with Crippen LogP contribution in [0, 0.1) is 0 Å². The lowest BCUT2D eigenvalue weighted by Crippen LogP contribution is -2.13. The molecular weight excluding hydrogens is 480 g/mol. The summed E-state index contributed by atoms with van der Waals surface area (Å²) in [6, 6.07) is 15.7. The first-order chi connectivity index (χ1) is 18.4. The third kappa shape index (κ3) is 7.36. The van der Waals surface area contributed by atoms with Gasteiger partial charge in [-0.1, -0.05) is 72.2 Å². The Hall–Kier alpha value is -3.82. The quantitative estimate of drug-likeness (QED) is 0.224. The number of aromatic nitrogens is 8. The third-order valence-corrected chi connectivity index (χ3v) is 5.87. The molecule has 0 N–H and O–H groups in total. The van der Waals surface area contributed by atoms with E-state index in [1.165, 1.54) is 0 Å². The minimum Gasteiger partial charge on any atom is -0.491 e. The molecule has 0 aliphatic rings. The molecule has 4 rings (SSSR count). The molecule has 0 radical (unpaired) electrons. The molecule has 1 unspecified atom stereocenters. The van der Waals surface area contributed by atoms with Gasteiger partial charge in [-0.05, 0) is 64.9 Å². The number of para-hydroxylation sites is 4. The highest BCUT2D eigenvalue weighted by molar-refractivity contribution is 5.47. The van der Waals surface area contributed by atoms with Crippen molar-refractivity contribution in [3.8, 4) is 22.9 Å². The molecule has 0 aliphatic heterocycles. The van der Waals surface area contributed by atoms with Gasteiger partial charge in [0.25, 0.3) is 0 Å². The average Bonchev–Trinajstić information content (AvgIpc) is 3.60. The van der Waals surface area contributed by atoms with Gasteiger partial charge in [0.2, 0.25) is 0 Å². The summed E-state index contributed by atoms with van der Waals surface area (Å²) >= 11 is 0. The van der Waals surface area contributed by atoms with Gasteiger partial charge >= 0.3 is 0 Å². The highest BCUT2D eigenvalue weighted by atomic mass is 16.5. The van der Waals surface area contributed by atoms with Crippen LogP contribution in [-0.2, 0) is 0 Å². The van der Waals surface area contributed by atoms with Gasteiger partial charge in [-0.25, -0.2) is 0 Å². The first kappa shape index (κ1) is 28.7. The van der Waals surface area contributed by atoms with Crippen molar-refractivity contribution < 1.29 is 9.47 Å². The van der Waals surface area contributed by atoms with Crippen LogP contribution < -0.4 is 9.47 Å². The van der Waals surface area contributed by atoms with E-state index in [0.29, 0.717) is 6.61 Å². The fraction of sp³-hybridized carbons (Fsp3) is 0.500. The number of ether oxygens (including phenoxy) is 2. The van der Waals surface area contributed by atoms with Crippen molar-refractivity contribution in [3.05, 3.63) is 60.2 Å². The Morgan fingerprint density at radius 2 is 1.21 bits per heavy atom. The van der Waals surface area contributed by atoms with Crippen LogP contribution in [0.5, 0.6) is 11.5 Å². The second-order valence-corrected chi connectivity index (χ2v) is 9.68. The molecule has 204 valence electrons. The van der Waals surface area contributed by atoms with Crippen LogP contribution in [0.25, 0.3) is 11.4 Å². The summed E-state index contributed by atoms with van der Waals surface area (Å²) < 4.78 is 15.3. The van der Waals surface area contributed by atoms with Crippen molar-refractivity contribution in [1.29, 1.82) is 0 Å². The number of tetrazole rings is 2. The van der Waals surface area contributed by atoms with E-state index in [2.05, 4.69) is 79.5 Å². The van der Waals surface area contributed by atoms with E-state index in [-0.39, 0.29) is 17.9 Å². The van der Waals surface area contributed by atoms with Gasteiger partial charge in [0.15, 0.2) is 11.6 Å². The van der Waals surface area contributed by atoms with Crippen LogP contribution >= 0.6 is 0 Å². The molecule has 0 bridgehead atoms. The standard InChI is InChI=1S/2C14H20N4O/c1-5-11(4)19-13-9-7-6-8-12(13)18-14(10(2)3)15-16-17-18;1-4-5-10-19-13-9-7-6-8-12(13)18-14(11(2)3)15-16-17-18/h6-11H,5H2,1-4H3;6-9,11H,4-5,10H2,1-3H3. The predicted molar refractivity (Wildman–Crippen MR) is 147 cm³/mol. The van der Waals surface area contributed by atoms with Crippen molar-refractivity contribution >= 4 is 0 Å². The summed E-state index contributed by atoms with van der Waals surface area (Å²) in [5.74, 6) is 3.83. The lowest BCUT2D eigenvalue weighted by Gasteiger charge is -2.16. The van der Waals surface area contributed by atoms with Crippen molar-refractivity contribution in [3.63, 3.8) is 0 Å². The molecule has 0 fully saturated rings. The molecule has 0 saturated heterocycles. The number of rotatable bonds is 11. The van der Waals surface area contributed by atoms with E-state index >= 15 is 0 Å². The molecule has 0 spiro atoms.